The number of carbonyl (C=O) groups is 2. The summed E-state index contributed by atoms with van der Waals surface area (Å²) in [5, 5.41) is 2.87. The minimum Gasteiger partial charge on any atom is -0.434 e. The maximum absolute atomic E-state index is 12.7. The van der Waals surface area contributed by atoms with Gasteiger partial charge in [-0.15, -0.1) is 11.8 Å². The van der Waals surface area contributed by atoms with Crippen molar-refractivity contribution in [3.63, 3.8) is 0 Å². The fourth-order valence-corrected chi connectivity index (χ4v) is 4.16. The fourth-order valence-electron chi connectivity index (χ4n) is 3.00. The molecule has 1 unspecified atom stereocenters. The van der Waals surface area contributed by atoms with Crippen molar-refractivity contribution in [2.24, 2.45) is 0 Å². The van der Waals surface area contributed by atoms with Crippen molar-refractivity contribution in [1.29, 1.82) is 0 Å². The molecule has 5 nitrogen and oxygen atoms in total. The maximum atomic E-state index is 12.7. The minimum atomic E-state index is -2.95. The van der Waals surface area contributed by atoms with E-state index in [-0.39, 0.29) is 17.6 Å². The Morgan fingerprint density at radius 1 is 1.20 bits per heavy atom. The zero-order valence-electron chi connectivity index (χ0n) is 16.6. The van der Waals surface area contributed by atoms with Crippen LogP contribution in [0.2, 0.25) is 0 Å². The number of carbonyl (C=O) groups excluding carboxylic acids is 2. The lowest BCUT2D eigenvalue weighted by atomic mass is 10.1. The summed E-state index contributed by atoms with van der Waals surface area (Å²) >= 11 is 1.48. The summed E-state index contributed by atoms with van der Waals surface area (Å²) in [6, 6.07) is 11.2. The molecule has 0 spiro atoms. The molecule has 0 radical (unpaired) electrons. The molecule has 0 aromatic heterocycles. The molecule has 158 valence electrons. The number of anilines is 1. The molecule has 2 amide bonds. The Balaban J connectivity index is 1.69. The fraction of sp³-hybridized carbons (Fsp3) is 0.273. The van der Waals surface area contributed by atoms with Gasteiger partial charge in [0.1, 0.15) is 11.8 Å². The van der Waals surface area contributed by atoms with Gasteiger partial charge in [-0.1, -0.05) is 24.3 Å². The van der Waals surface area contributed by atoms with E-state index in [1.807, 2.05) is 32.0 Å². The highest BCUT2D eigenvalue weighted by molar-refractivity contribution is 7.99. The second kappa shape index (κ2) is 9.75. The Morgan fingerprint density at radius 2 is 1.97 bits per heavy atom. The summed E-state index contributed by atoms with van der Waals surface area (Å²) in [7, 11) is 0. The molecule has 8 heteroatoms. The lowest BCUT2D eigenvalue weighted by molar-refractivity contribution is -0.132. The molecule has 2 aromatic carbocycles. The van der Waals surface area contributed by atoms with Gasteiger partial charge < -0.3 is 15.0 Å². The molecule has 1 aliphatic rings. The molecule has 0 bridgehead atoms. The largest absolute Gasteiger partial charge is 0.434 e. The molecule has 1 heterocycles. The average molecular weight is 432 g/mol. The van der Waals surface area contributed by atoms with Crippen LogP contribution in [0.5, 0.6) is 5.75 Å². The van der Waals surface area contributed by atoms with Crippen LogP contribution in [-0.4, -0.2) is 41.0 Å². The summed E-state index contributed by atoms with van der Waals surface area (Å²) in [6.45, 7) is 1.00. The first-order chi connectivity index (χ1) is 14.3. The van der Waals surface area contributed by atoms with Gasteiger partial charge in [0.2, 0.25) is 11.8 Å². The smallest absolute Gasteiger partial charge is 0.387 e. The van der Waals surface area contributed by atoms with Gasteiger partial charge in [0.05, 0.1) is 5.88 Å². The molecular formula is C22H22F2N2O3S. The molecule has 1 atom stereocenters. The number of benzene rings is 2. The number of alkyl halides is 2. The van der Waals surface area contributed by atoms with Crippen LogP contribution < -0.4 is 10.1 Å². The number of aryl methyl sites for hydroxylation is 2. The van der Waals surface area contributed by atoms with Crippen LogP contribution in [0.4, 0.5) is 14.5 Å². The number of para-hydroxylation sites is 1. The van der Waals surface area contributed by atoms with Crippen molar-refractivity contribution in [1.82, 2.24) is 4.90 Å². The first kappa shape index (κ1) is 21.8. The number of nitrogens with zero attached hydrogens (tertiary/aromatic N) is 1. The third kappa shape index (κ3) is 5.38. The maximum Gasteiger partial charge on any atom is 0.387 e. The van der Waals surface area contributed by atoms with Crippen molar-refractivity contribution in [3.8, 4) is 5.75 Å². The van der Waals surface area contributed by atoms with E-state index >= 15 is 0 Å². The molecule has 2 aromatic rings. The highest BCUT2D eigenvalue weighted by Gasteiger charge is 2.33. The van der Waals surface area contributed by atoms with Crippen LogP contribution in [0.1, 0.15) is 16.7 Å². The lowest BCUT2D eigenvalue weighted by Gasteiger charge is -2.22. The van der Waals surface area contributed by atoms with Gasteiger partial charge >= 0.3 is 6.61 Å². The van der Waals surface area contributed by atoms with Crippen LogP contribution in [0.3, 0.4) is 0 Å². The Bertz CT molecular complexity index is 965. The van der Waals surface area contributed by atoms with Crippen LogP contribution in [-0.2, 0) is 9.59 Å². The van der Waals surface area contributed by atoms with E-state index in [9.17, 15) is 18.4 Å². The van der Waals surface area contributed by atoms with E-state index in [1.54, 1.807) is 18.2 Å². The number of thioether (sulfide) groups is 1. The molecule has 1 fully saturated rings. The molecule has 0 saturated carbocycles. The first-order valence-corrected chi connectivity index (χ1v) is 10.5. The molecule has 1 saturated heterocycles. The summed E-state index contributed by atoms with van der Waals surface area (Å²) in [6.07, 6.45) is 2.69. The Morgan fingerprint density at radius 3 is 2.70 bits per heavy atom. The number of hydrogen-bond donors (Lipinski definition) is 1. The third-order valence-electron chi connectivity index (χ3n) is 4.78. The summed E-state index contributed by atoms with van der Waals surface area (Å²) < 4.78 is 29.6. The van der Waals surface area contributed by atoms with Gasteiger partial charge in [0.25, 0.3) is 0 Å². The van der Waals surface area contributed by atoms with Crippen LogP contribution >= 0.6 is 11.8 Å². The van der Waals surface area contributed by atoms with Crippen LogP contribution in [0, 0.1) is 13.8 Å². The Kier molecular flexibility index (Phi) is 7.10. The zero-order chi connectivity index (χ0) is 21.7. The standard InChI is InChI=1S/C22H22F2N2O3S/c1-14-7-9-17(11-15(14)2)25-21(28)18-12-30-13-26(18)20(27)10-8-16-5-3-4-6-19(16)29-22(23)24/h3-11,18,22H,12-13H2,1-2H3,(H,25,28)/b10-8+. The van der Waals surface area contributed by atoms with Gasteiger partial charge in [0, 0.05) is 23.1 Å². The lowest BCUT2D eigenvalue weighted by Crippen LogP contribution is -2.43. The number of amides is 2. The number of ether oxygens (including phenoxy) is 1. The van der Waals surface area contributed by atoms with E-state index in [2.05, 4.69) is 10.1 Å². The SMILES string of the molecule is Cc1ccc(NC(=O)C2CSCN2C(=O)/C=C/c2ccccc2OC(F)F)cc1C. The zero-order valence-corrected chi connectivity index (χ0v) is 17.4. The molecular weight excluding hydrogens is 410 g/mol. The molecule has 1 aliphatic heterocycles. The Labute approximate surface area is 178 Å². The molecule has 0 aliphatic carbocycles. The Hall–Kier alpha value is -2.87. The van der Waals surface area contributed by atoms with E-state index in [0.717, 1.165) is 11.1 Å². The summed E-state index contributed by atoms with van der Waals surface area (Å²) in [5.41, 5.74) is 3.23. The average Bonchev–Trinajstić information content (AvgIpc) is 3.19. The molecule has 1 N–H and O–H groups in total. The van der Waals surface area contributed by atoms with Crippen LogP contribution in [0.25, 0.3) is 6.08 Å². The van der Waals surface area contributed by atoms with Gasteiger partial charge in [0.15, 0.2) is 0 Å². The van der Waals surface area contributed by atoms with Gasteiger partial charge in [-0.3, -0.25) is 9.59 Å². The molecule has 3 rings (SSSR count). The normalized spacial score (nSPS) is 16.3. The molecule has 30 heavy (non-hydrogen) atoms. The van der Waals surface area contributed by atoms with Gasteiger partial charge in [-0.25, -0.2) is 0 Å². The van der Waals surface area contributed by atoms with Crippen molar-refractivity contribution in [2.45, 2.75) is 26.5 Å². The minimum absolute atomic E-state index is 0.0172. The highest BCUT2D eigenvalue weighted by Crippen LogP contribution is 2.25. The number of halogens is 2. The van der Waals surface area contributed by atoms with E-state index in [0.29, 0.717) is 22.9 Å². The van der Waals surface area contributed by atoms with Crippen LogP contribution in [0.15, 0.2) is 48.5 Å². The van der Waals surface area contributed by atoms with Crippen molar-refractivity contribution >= 4 is 35.3 Å². The monoisotopic (exact) mass is 432 g/mol. The number of hydrogen-bond acceptors (Lipinski definition) is 4. The predicted octanol–water partition coefficient (Wildman–Crippen LogP) is 4.46. The summed E-state index contributed by atoms with van der Waals surface area (Å²) in [5.74, 6) is 0.222. The third-order valence-corrected chi connectivity index (χ3v) is 5.80. The predicted molar refractivity (Wildman–Crippen MR) is 115 cm³/mol. The summed E-state index contributed by atoms with van der Waals surface area (Å²) in [4.78, 5) is 26.9. The first-order valence-electron chi connectivity index (χ1n) is 9.33. The van der Waals surface area contributed by atoms with Crippen molar-refractivity contribution < 1.29 is 23.1 Å². The number of rotatable bonds is 6. The quantitative estimate of drug-likeness (QED) is 0.685. The highest BCUT2D eigenvalue weighted by atomic mass is 32.2. The number of nitrogens with one attached hydrogen (secondary N) is 1. The van der Waals surface area contributed by atoms with E-state index in [4.69, 9.17) is 0 Å². The van der Waals surface area contributed by atoms with Gasteiger partial charge in [-0.2, -0.15) is 8.78 Å². The van der Waals surface area contributed by atoms with Gasteiger partial charge in [-0.05, 0) is 49.2 Å². The second-order valence-electron chi connectivity index (χ2n) is 6.86. The topological polar surface area (TPSA) is 58.6 Å². The van der Waals surface area contributed by atoms with E-state index < -0.39 is 12.7 Å². The van der Waals surface area contributed by atoms with E-state index in [1.165, 1.54) is 34.9 Å². The van der Waals surface area contributed by atoms with Crippen molar-refractivity contribution in [3.05, 3.63) is 65.2 Å². The second-order valence-corrected chi connectivity index (χ2v) is 7.86. The van der Waals surface area contributed by atoms with Crippen molar-refractivity contribution in [2.75, 3.05) is 16.9 Å².